The number of ketones is 2. The summed E-state index contributed by atoms with van der Waals surface area (Å²) in [5.74, 6) is -0.0185. The first-order valence-electron chi connectivity index (χ1n) is 3.30. The van der Waals surface area contributed by atoms with Crippen molar-refractivity contribution in [2.45, 2.75) is 30.5 Å². The zero-order chi connectivity index (χ0) is 7.78. The summed E-state index contributed by atoms with van der Waals surface area (Å²) in [5, 5.41) is 0. The Morgan fingerprint density at radius 1 is 1.70 bits per heavy atom. The Balaban J connectivity index is 2.86. The van der Waals surface area contributed by atoms with Crippen LogP contribution in [0, 0.1) is 0 Å². The maximum Gasteiger partial charge on any atom is 0.157 e. The summed E-state index contributed by atoms with van der Waals surface area (Å²) in [7, 11) is 0. The van der Waals surface area contributed by atoms with E-state index in [1.807, 2.05) is 0 Å². The SMILES string of the molecule is CC(=O)C1(Br)CCCC1=O. The molecule has 0 aromatic rings. The van der Waals surface area contributed by atoms with Gasteiger partial charge in [-0.2, -0.15) is 0 Å². The van der Waals surface area contributed by atoms with Crippen LogP contribution in [-0.4, -0.2) is 15.9 Å². The molecule has 0 aromatic heterocycles. The number of rotatable bonds is 1. The molecular formula is C7H9BrO2. The Labute approximate surface area is 68.1 Å². The summed E-state index contributed by atoms with van der Waals surface area (Å²) in [6.45, 7) is 1.46. The number of halogens is 1. The van der Waals surface area contributed by atoms with E-state index in [9.17, 15) is 9.59 Å². The number of carbonyl (C=O) groups excluding carboxylic acids is 2. The summed E-state index contributed by atoms with van der Waals surface area (Å²) in [6.07, 6.45) is 2.05. The molecule has 0 N–H and O–H groups in total. The van der Waals surface area contributed by atoms with E-state index in [1.54, 1.807) is 0 Å². The fourth-order valence-corrected chi connectivity index (χ4v) is 1.68. The number of hydrogen-bond donors (Lipinski definition) is 0. The average molecular weight is 205 g/mol. The van der Waals surface area contributed by atoms with Crippen LogP contribution in [0.25, 0.3) is 0 Å². The van der Waals surface area contributed by atoms with Gasteiger partial charge in [-0.15, -0.1) is 0 Å². The van der Waals surface area contributed by atoms with Crippen molar-refractivity contribution >= 4 is 27.5 Å². The Bertz CT molecular complexity index is 188. The number of Topliss-reactive ketones (excluding diaryl/α,β-unsaturated/α-hetero) is 2. The fraction of sp³-hybridized carbons (Fsp3) is 0.714. The topological polar surface area (TPSA) is 34.1 Å². The molecule has 0 aromatic carbocycles. The largest absolute Gasteiger partial charge is 0.298 e. The van der Waals surface area contributed by atoms with E-state index < -0.39 is 4.32 Å². The van der Waals surface area contributed by atoms with Crippen molar-refractivity contribution < 1.29 is 9.59 Å². The van der Waals surface area contributed by atoms with E-state index >= 15 is 0 Å². The second-order valence-corrected chi connectivity index (χ2v) is 3.99. The highest BCUT2D eigenvalue weighted by molar-refractivity contribution is 9.10. The molecule has 1 aliphatic carbocycles. The first-order valence-corrected chi connectivity index (χ1v) is 4.10. The molecule has 3 heteroatoms. The third-order valence-corrected chi connectivity index (χ3v) is 3.32. The Morgan fingerprint density at radius 2 is 2.30 bits per heavy atom. The van der Waals surface area contributed by atoms with Crippen LogP contribution >= 0.6 is 15.9 Å². The number of alkyl halides is 1. The molecule has 1 aliphatic rings. The minimum Gasteiger partial charge on any atom is -0.298 e. The van der Waals surface area contributed by atoms with Crippen molar-refractivity contribution in [3.8, 4) is 0 Å². The van der Waals surface area contributed by atoms with Gasteiger partial charge in [0.15, 0.2) is 11.6 Å². The van der Waals surface area contributed by atoms with Gasteiger partial charge < -0.3 is 0 Å². The summed E-state index contributed by atoms with van der Waals surface area (Å²) >= 11 is 3.18. The lowest BCUT2D eigenvalue weighted by Gasteiger charge is -2.13. The van der Waals surface area contributed by atoms with Gasteiger partial charge in [-0.25, -0.2) is 0 Å². The van der Waals surface area contributed by atoms with E-state index in [1.165, 1.54) is 6.92 Å². The minimum atomic E-state index is -0.812. The van der Waals surface area contributed by atoms with Crippen LogP contribution in [0.2, 0.25) is 0 Å². The lowest BCUT2D eigenvalue weighted by Crippen LogP contribution is -2.33. The summed E-state index contributed by atoms with van der Waals surface area (Å²) < 4.78 is -0.812. The molecule has 0 aliphatic heterocycles. The van der Waals surface area contributed by atoms with Gasteiger partial charge >= 0.3 is 0 Å². The van der Waals surface area contributed by atoms with Gasteiger partial charge in [0, 0.05) is 6.42 Å². The fourth-order valence-electron chi connectivity index (χ4n) is 1.20. The van der Waals surface area contributed by atoms with Crippen LogP contribution in [0.1, 0.15) is 26.2 Å². The lowest BCUT2D eigenvalue weighted by molar-refractivity contribution is -0.127. The zero-order valence-corrected chi connectivity index (χ0v) is 7.40. The van der Waals surface area contributed by atoms with Gasteiger partial charge in [-0.05, 0) is 19.8 Å². The lowest BCUT2D eigenvalue weighted by atomic mass is 10.0. The first kappa shape index (κ1) is 7.92. The van der Waals surface area contributed by atoms with Crippen LogP contribution in [-0.2, 0) is 9.59 Å². The molecule has 0 spiro atoms. The minimum absolute atomic E-state index is 0.0417. The standard InChI is InChI=1S/C7H9BrO2/c1-5(9)7(8)4-2-3-6(7)10/h2-4H2,1H3. The van der Waals surface area contributed by atoms with Gasteiger partial charge in [0.25, 0.3) is 0 Å². The number of hydrogen-bond acceptors (Lipinski definition) is 2. The number of carbonyl (C=O) groups is 2. The molecule has 1 fully saturated rings. The highest BCUT2D eigenvalue weighted by Crippen LogP contribution is 2.34. The van der Waals surface area contributed by atoms with Crippen LogP contribution in [0.3, 0.4) is 0 Å². The molecule has 0 saturated heterocycles. The van der Waals surface area contributed by atoms with Gasteiger partial charge in [0.1, 0.15) is 4.32 Å². The predicted molar refractivity (Wildman–Crippen MR) is 41.2 cm³/mol. The maximum atomic E-state index is 11.1. The molecule has 1 rings (SSSR count). The molecule has 0 bridgehead atoms. The highest BCUT2D eigenvalue weighted by Gasteiger charge is 2.43. The van der Waals surface area contributed by atoms with E-state index in [0.29, 0.717) is 12.8 Å². The summed E-state index contributed by atoms with van der Waals surface area (Å²) in [5.41, 5.74) is 0. The summed E-state index contributed by atoms with van der Waals surface area (Å²) in [4.78, 5) is 22.0. The van der Waals surface area contributed by atoms with Crippen LogP contribution in [0.15, 0.2) is 0 Å². The van der Waals surface area contributed by atoms with E-state index in [-0.39, 0.29) is 11.6 Å². The van der Waals surface area contributed by atoms with Gasteiger partial charge in [0.2, 0.25) is 0 Å². The van der Waals surface area contributed by atoms with Crippen molar-refractivity contribution in [1.29, 1.82) is 0 Å². The second-order valence-electron chi connectivity index (χ2n) is 2.63. The molecule has 1 atom stereocenters. The van der Waals surface area contributed by atoms with Crippen molar-refractivity contribution in [3.05, 3.63) is 0 Å². The maximum absolute atomic E-state index is 11.1. The molecule has 1 unspecified atom stereocenters. The van der Waals surface area contributed by atoms with Crippen molar-refractivity contribution in [1.82, 2.24) is 0 Å². The van der Waals surface area contributed by atoms with Gasteiger partial charge in [0.05, 0.1) is 0 Å². The Kier molecular flexibility index (Phi) is 1.95. The third kappa shape index (κ3) is 1.03. The normalized spacial score (nSPS) is 32.8. The van der Waals surface area contributed by atoms with Crippen LogP contribution < -0.4 is 0 Å². The summed E-state index contributed by atoms with van der Waals surface area (Å²) in [6, 6.07) is 0. The monoisotopic (exact) mass is 204 g/mol. The molecule has 10 heavy (non-hydrogen) atoms. The van der Waals surface area contributed by atoms with E-state index in [2.05, 4.69) is 15.9 Å². The zero-order valence-electron chi connectivity index (χ0n) is 5.82. The molecule has 0 radical (unpaired) electrons. The molecular weight excluding hydrogens is 196 g/mol. The molecule has 0 amide bonds. The molecule has 1 saturated carbocycles. The smallest absolute Gasteiger partial charge is 0.157 e. The highest BCUT2D eigenvalue weighted by atomic mass is 79.9. The predicted octanol–water partition coefficient (Wildman–Crippen LogP) is 1.46. The molecule has 2 nitrogen and oxygen atoms in total. The van der Waals surface area contributed by atoms with Gasteiger partial charge in [-0.3, -0.25) is 9.59 Å². The van der Waals surface area contributed by atoms with Crippen LogP contribution in [0.4, 0.5) is 0 Å². The van der Waals surface area contributed by atoms with Crippen molar-refractivity contribution in [2.75, 3.05) is 0 Å². The first-order chi connectivity index (χ1) is 4.57. The van der Waals surface area contributed by atoms with E-state index in [0.717, 1.165) is 6.42 Å². The average Bonchev–Trinajstić information content (AvgIpc) is 2.15. The quantitative estimate of drug-likeness (QED) is 0.479. The Hall–Kier alpha value is -0.180. The van der Waals surface area contributed by atoms with Gasteiger partial charge in [-0.1, -0.05) is 15.9 Å². The third-order valence-electron chi connectivity index (χ3n) is 1.93. The van der Waals surface area contributed by atoms with Crippen molar-refractivity contribution in [3.63, 3.8) is 0 Å². The van der Waals surface area contributed by atoms with E-state index in [4.69, 9.17) is 0 Å². The Morgan fingerprint density at radius 3 is 2.50 bits per heavy atom. The van der Waals surface area contributed by atoms with Crippen molar-refractivity contribution in [2.24, 2.45) is 0 Å². The second kappa shape index (κ2) is 2.46. The molecule has 56 valence electrons. The van der Waals surface area contributed by atoms with Crippen LogP contribution in [0.5, 0.6) is 0 Å². The molecule has 0 heterocycles.